The number of halogens is 1. The van der Waals surface area contributed by atoms with Gasteiger partial charge in [-0.1, -0.05) is 28.1 Å². The summed E-state index contributed by atoms with van der Waals surface area (Å²) >= 11 is 3.45. The van der Waals surface area contributed by atoms with Gasteiger partial charge in [0.2, 0.25) is 5.91 Å². The van der Waals surface area contributed by atoms with E-state index in [1.165, 1.54) is 5.56 Å². The molecule has 0 aliphatic carbocycles. The molecular formula is C16H20BrNO2. The van der Waals surface area contributed by atoms with E-state index in [1.807, 2.05) is 26.0 Å². The number of rotatable bonds is 4. The van der Waals surface area contributed by atoms with Crippen molar-refractivity contribution in [3.8, 4) is 0 Å². The van der Waals surface area contributed by atoms with Gasteiger partial charge in [0, 0.05) is 23.9 Å². The molecule has 1 aromatic carbocycles. The van der Waals surface area contributed by atoms with Crippen molar-refractivity contribution in [2.45, 2.75) is 45.1 Å². The van der Waals surface area contributed by atoms with Crippen molar-refractivity contribution < 1.29 is 9.59 Å². The Hall–Kier alpha value is -1.16. The van der Waals surface area contributed by atoms with Gasteiger partial charge < -0.3 is 4.90 Å². The van der Waals surface area contributed by atoms with Crippen LogP contribution in [0.1, 0.15) is 38.7 Å². The Morgan fingerprint density at radius 2 is 2.15 bits per heavy atom. The molecule has 1 aliphatic heterocycles. The Bertz CT molecular complexity index is 525. The largest absolute Gasteiger partial charge is 0.330 e. The summed E-state index contributed by atoms with van der Waals surface area (Å²) in [5.41, 5.74) is 0.608. The van der Waals surface area contributed by atoms with Crippen LogP contribution in [0.25, 0.3) is 0 Å². The van der Waals surface area contributed by atoms with Crippen LogP contribution in [0.2, 0.25) is 0 Å². The normalized spacial score (nSPS) is 17.6. The van der Waals surface area contributed by atoms with Crippen LogP contribution in [-0.4, -0.2) is 28.7 Å². The minimum absolute atomic E-state index is 0.0934. The average Bonchev–Trinajstić information content (AvgIpc) is 2.64. The Morgan fingerprint density at radius 1 is 1.40 bits per heavy atom. The first-order valence-corrected chi connectivity index (χ1v) is 7.79. The molecule has 0 unspecified atom stereocenters. The standard InChI is InChI=1S/C16H20BrNO2/c1-16(2)14(19)9-10-18(16)15(20)8-4-6-12-5-3-7-13(17)11-12/h3,5,7,11H,4,6,8-10H2,1-2H3. The maximum atomic E-state index is 12.2. The highest BCUT2D eigenvalue weighted by atomic mass is 79.9. The van der Waals surface area contributed by atoms with Crippen LogP contribution < -0.4 is 0 Å². The van der Waals surface area contributed by atoms with Gasteiger partial charge in [0.1, 0.15) is 0 Å². The summed E-state index contributed by atoms with van der Waals surface area (Å²) in [6.07, 6.45) is 2.69. The fourth-order valence-electron chi connectivity index (χ4n) is 2.66. The predicted octanol–water partition coefficient (Wildman–Crippen LogP) is 3.35. The lowest BCUT2D eigenvalue weighted by atomic mass is 10.00. The summed E-state index contributed by atoms with van der Waals surface area (Å²) in [7, 11) is 0. The van der Waals surface area contributed by atoms with E-state index in [-0.39, 0.29) is 11.7 Å². The molecule has 1 saturated heterocycles. The van der Waals surface area contributed by atoms with Gasteiger partial charge in [0.25, 0.3) is 0 Å². The van der Waals surface area contributed by atoms with Crippen molar-refractivity contribution >= 4 is 27.6 Å². The highest BCUT2D eigenvalue weighted by molar-refractivity contribution is 9.10. The number of amides is 1. The fraction of sp³-hybridized carbons (Fsp3) is 0.500. The Morgan fingerprint density at radius 3 is 2.75 bits per heavy atom. The third-order valence-corrected chi connectivity index (χ3v) is 4.46. The molecule has 0 aromatic heterocycles. The zero-order valence-corrected chi connectivity index (χ0v) is 13.6. The van der Waals surface area contributed by atoms with Gasteiger partial charge in [0.15, 0.2) is 5.78 Å². The van der Waals surface area contributed by atoms with E-state index < -0.39 is 5.54 Å². The molecule has 1 amide bonds. The summed E-state index contributed by atoms with van der Waals surface area (Å²) in [5, 5.41) is 0. The number of carbonyl (C=O) groups excluding carboxylic acids is 2. The second kappa shape index (κ2) is 6.08. The van der Waals surface area contributed by atoms with Crippen LogP contribution in [0.4, 0.5) is 0 Å². The zero-order chi connectivity index (χ0) is 14.8. The number of benzene rings is 1. The molecule has 1 aliphatic rings. The lowest BCUT2D eigenvalue weighted by Gasteiger charge is -2.30. The Kier molecular flexibility index (Phi) is 4.63. The van der Waals surface area contributed by atoms with Gasteiger partial charge in [-0.3, -0.25) is 9.59 Å². The monoisotopic (exact) mass is 337 g/mol. The Balaban J connectivity index is 1.86. The molecule has 0 spiro atoms. The van der Waals surface area contributed by atoms with E-state index in [1.54, 1.807) is 4.90 Å². The molecule has 0 N–H and O–H groups in total. The number of Topliss-reactive ketones (excluding diaryl/α,β-unsaturated/α-hetero) is 1. The first-order chi connectivity index (χ1) is 9.41. The van der Waals surface area contributed by atoms with Gasteiger partial charge >= 0.3 is 0 Å². The lowest BCUT2D eigenvalue weighted by Crippen LogP contribution is -2.46. The summed E-state index contributed by atoms with van der Waals surface area (Å²) in [6, 6.07) is 8.14. The minimum atomic E-state index is -0.618. The maximum absolute atomic E-state index is 12.2. The average molecular weight is 338 g/mol. The van der Waals surface area contributed by atoms with E-state index in [4.69, 9.17) is 0 Å². The topological polar surface area (TPSA) is 37.4 Å². The Labute approximate surface area is 128 Å². The summed E-state index contributed by atoms with van der Waals surface area (Å²) < 4.78 is 1.06. The van der Waals surface area contributed by atoms with Crippen molar-refractivity contribution in [2.75, 3.05) is 6.54 Å². The quantitative estimate of drug-likeness (QED) is 0.844. The van der Waals surface area contributed by atoms with Crippen LogP contribution in [0, 0.1) is 0 Å². The van der Waals surface area contributed by atoms with E-state index in [2.05, 4.69) is 28.1 Å². The highest BCUT2D eigenvalue weighted by Gasteiger charge is 2.42. The molecule has 1 heterocycles. The second-order valence-corrected chi connectivity index (χ2v) is 6.68. The number of carbonyl (C=O) groups is 2. The molecule has 1 aromatic rings. The molecule has 4 heteroatoms. The molecule has 20 heavy (non-hydrogen) atoms. The molecule has 3 nitrogen and oxygen atoms in total. The first kappa shape index (κ1) is 15.2. The summed E-state index contributed by atoms with van der Waals surface area (Å²) in [4.78, 5) is 25.7. The molecule has 0 saturated carbocycles. The van der Waals surface area contributed by atoms with Gasteiger partial charge in [-0.05, 0) is 44.4 Å². The van der Waals surface area contributed by atoms with Gasteiger partial charge in [-0.15, -0.1) is 0 Å². The first-order valence-electron chi connectivity index (χ1n) is 6.99. The maximum Gasteiger partial charge on any atom is 0.223 e. The van der Waals surface area contributed by atoms with Crippen molar-refractivity contribution in [2.24, 2.45) is 0 Å². The SMILES string of the molecule is CC1(C)C(=O)CCN1C(=O)CCCc1cccc(Br)c1. The van der Waals surface area contributed by atoms with Crippen molar-refractivity contribution in [1.29, 1.82) is 0 Å². The molecular weight excluding hydrogens is 318 g/mol. The second-order valence-electron chi connectivity index (χ2n) is 5.76. The van der Waals surface area contributed by atoms with Crippen molar-refractivity contribution in [1.82, 2.24) is 4.90 Å². The van der Waals surface area contributed by atoms with Crippen LogP contribution in [-0.2, 0) is 16.0 Å². The number of hydrogen-bond acceptors (Lipinski definition) is 2. The van der Waals surface area contributed by atoms with Crippen LogP contribution >= 0.6 is 15.9 Å². The number of ketones is 1. The molecule has 0 radical (unpaired) electrons. The van der Waals surface area contributed by atoms with Gasteiger partial charge in [0.05, 0.1) is 5.54 Å². The predicted molar refractivity (Wildman–Crippen MR) is 82.5 cm³/mol. The molecule has 0 atom stereocenters. The highest BCUT2D eigenvalue weighted by Crippen LogP contribution is 2.26. The summed E-state index contributed by atoms with van der Waals surface area (Å²) in [6.45, 7) is 4.25. The van der Waals surface area contributed by atoms with Crippen LogP contribution in [0.3, 0.4) is 0 Å². The number of likely N-dealkylation sites (tertiary alicyclic amines) is 1. The van der Waals surface area contributed by atoms with E-state index in [0.717, 1.165) is 17.3 Å². The molecule has 1 fully saturated rings. The lowest BCUT2D eigenvalue weighted by molar-refractivity contribution is -0.138. The summed E-state index contributed by atoms with van der Waals surface area (Å²) in [5.74, 6) is 0.258. The zero-order valence-electron chi connectivity index (χ0n) is 12.0. The van der Waals surface area contributed by atoms with Gasteiger partial charge in [-0.2, -0.15) is 0 Å². The van der Waals surface area contributed by atoms with Gasteiger partial charge in [-0.25, -0.2) is 0 Å². The van der Waals surface area contributed by atoms with Crippen molar-refractivity contribution in [3.63, 3.8) is 0 Å². The third kappa shape index (κ3) is 3.29. The minimum Gasteiger partial charge on any atom is -0.330 e. The number of hydrogen-bond donors (Lipinski definition) is 0. The van der Waals surface area contributed by atoms with Crippen LogP contribution in [0.15, 0.2) is 28.7 Å². The fourth-order valence-corrected chi connectivity index (χ4v) is 3.10. The third-order valence-electron chi connectivity index (χ3n) is 3.97. The van der Waals surface area contributed by atoms with Crippen molar-refractivity contribution in [3.05, 3.63) is 34.3 Å². The molecule has 2 rings (SSSR count). The van der Waals surface area contributed by atoms with E-state index >= 15 is 0 Å². The molecule has 108 valence electrons. The van der Waals surface area contributed by atoms with Crippen LogP contribution in [0.5, 0.6) is 0 Å². The number of aryl methyl sites for hydroxylation is 1. The molecule has 0 bridgehead atoms. The smallest absolute Gasteiger partial charge is 0.223 e. The number of nitrogens with zero attached hydrogens (tertiary/aromatic N) is 1. The van der Waals surface area contributed by atoms with E-state index in [0.29, 0.717) is 19.4 Å². The van der Waals surface area contributed by atoms with E-state index in [9.17, 15) is 9.59 Å².